The van der Waals surface area contributed by atoms with Crippen molar-refractivity contribution in [2.75, 3.05) is 33.3 Å². The molecule has 2 aliphatic heterocycles. The topological polar surface area (TPSA) is 127 Å². The van der Waals surface area contributed by atoms with Crippen LogP contribution in [-0.2, 0) is 17.8 Å². The number of methoxy groups -OCH3 is 1. The summed E-state index contributed by atoms with van der Waals surface area (Å²) in [6.07, 6.45) is -0.254. The van der Waals surface area contributed by atoms with Gasteiger partial charge in [0.05, 0.1) is 24.6 Å². The zero-order chi connectivity index (χ0) is 35.3. The van der Waals surface area contributed by atoms with Crippen molar-refractivity contribution in [1.82, 2.24) is 24.3 Å². The Morgan fingerprint density at radius 3 is 2.06 bits per heavy atom. The molecule has 4 aromatic rings. The van der Waals surface area contributed by atoms with E-state index in [4.69, 9.17) is 19.4 Å². The van der Waals surface area contributed by atoms with Gasteiger partial charge in [0.1, 0.15) is 11.4 Å². The Morgan fingerprint density at radius 1 is 0.837 bits per heavy atom. The number of benzene rings is 1. The number of aryl methyl sites for hydroxylation is 1. The van der Waals surface area contributed by atoms with E-state index in [2.05, 4.69) is 20.6 Å². The molecular formula is C35H36F3N5O6. The number of carbonyl (C=O) groups excluding carboxylic acids is 2. The Labute approximate surface area is 280 Å². The van der Waals surface area contributed by atoms with Crippen molar-refractivity contribution in [3.05, 3.63) is 83.9 Å². The van der Waals surface area contributed by atoms with Gasteiger partial charge in [0, 0.05) is 56.2 Å². The largest absolute Gasteiger partial charge is 0.493 e. The molecule has 0 radical (unpaired) electrons. The highest BCUT2D eigenvalue weighted by molar-refractivity contribution is 5.98. The molecule has 0 atom stereocenters. The van der Waals surface area contributed by atoms with Crippen LogP contribution in [0.4, 0.5) is 13.2 Å². The van der Waals surface area contributed by atoms with Crippen molar-refractivity contribution >= 4 is 17.8 Å². The van der Waals surface area contributed by atoms with Crippen LogP contribution in [0.25, 0.3) is 22.5 Å². The zero-order valence-electron chi connectivity index (χ0n) is 27.2. The summed E-state index contributed by atoms with van der Waals surface area (Å²) in [6.45, 7) is 6.70. The lowest BCUT2D eigenvalue weighted by Crippen LogP contribution is -2.38. The van der Waals surface area contributed by atoms with E-state index in [1.165, 1.54) is 0 Å². The monoisotopic (exact) mass is 679 g/mol. The number of alkyl halides is 3. The highest BCUT2D eigenvalue weighted by atomic mass is 19.4. The van der Waals surface area contributed by atoms with Gasteiger partial charge in [-0.25, -0.2) is 4.79 Å². The third-order valence-electron chi connectivity index (χ3n) is 8.07. The number of carboxylic acid groups (broad SMARTS) is 1. The Kier molecular flexibility index (Phi) is 10.5. The molecule has 2 amide bonds. The number of aromatic nitrogens is 3. The van der Waals surface area contributed by atoms with E-state index in [1.54, 1.807) is 36.5 Å². The minimum Gasteiger partial charge on any atom is -0.493 e. The first-order chi connectivity index (χ1) is 23.4. The van der Waals surface area contributed by atoms with Gasteiger partial charge in [-0.05, 0) is 74.7 Å². The number of halogens is 3. The highest BCUT2D eigenvalue weighted by Gasteiger charge is 2.38. The molecule has 0 saturated carbocycles. The van der Waals surface area contributed by atoms with Crippen molar-refractivity contribution in [1.29, 1.82) is 0 Å². The average Bonchev–Trinajstić information content (AvgIpc) is 3.31. The SMILES string of the molecule is COc1cc2c(cc1OC(C)C)-c1c(-c3ccccn3)cc(C(=O)N3CCCN(C(=O)c4ccccn4)CC3)n1CC2.O=C(O)C(F)(F)F. The minimum atomic E-state index is -5.08. The summed E-state index contributed by atoms with van der Waals surface area (Å²) in [5.74, 6) is -1.53. The van der Waals surface area contributed by atoms with Gasteiger partial charge in [0.15, 0.2) is 11.5 Å². The zero-order valence-corrected chi connectivity index (χ0v) is 27.2. The van der Waals surface area contributed by atoms with Crippen LogP contribution in [0, 0.1) is 0 Å². The summed E-state index contributed by atoms with van der Waals surface area (Å²) in [5, 5.41) is 7.12. The minimum absolute atomic E-state index is 0.0214. The number of ether oxygens (including phenoxy) is 2. The number of fused-ring (bicyclic) bond motifs is 3. The maximum atomic E-state index is 14.2. The van der Waals surface area contributed by atoms with Crippen molar-refractivity contribution in [2.24, 2.45) is 0 Å². The standard InChI is InChI=1S/C33H35N5O4.C2HF3O2/c1-22(2)42-30-21-24-23(19-29(30)41-3)11-16-38-28(20-25(31(24)38)26-9-4-6-12-34-26)33(40)37-15-8-14-36(17-18-37)32(39)27-10-5-7-13-35-27;3-2(4,5)1(6)7/h4-7,9-10,12-13,19-22H,8,11,14-18H2,1-3H3;(H,6,7). The third kappa shape index (κ3) is 7.85. The predicted molar refractivity (Wildman–Crippen MR) is 173 cm³/mol. The number of carboxylic acids is 1. The van der Waals surface area contributed by atoms with Gasteiger partial charge in [-0.15, -0.1) is 0 Å². The van der Waals surface area contributed by atoms with Gasteiger partial charge in [0.25, 0.3) is 11.8 Å². The first kappa shape index (κ1) is 34.9. The number of nitrogens with zero attached hydrogens (tertiary/aromatic N) is 5. The summed E-state index contributed by atoms with van der Waals surface area (Å²) in [7, 11) is 1.66. The molecule has 0 spiro atoms. The maximum absolute atomic E-state index is 14.2. The Balaban J connectivity index is 0.000000606. The first-order valence-corrected chi connectivity index (χ1v) is 15.7. The predicted octanol–water partition coefficient (Wildman–Crippen LogP) is 5.59. The second kappa shape index (κ2) is 14.8. The van der Waals surface area contributed by atoms with Crippen molar-refractivity contribution < 1.29 is 42.1 Å². The van der Waals surface area contributed by atoms with Crippen molar-refractivity contribution in [3.63, 3.8) is 0 Å². The van der Waals surface area contributed by atoms with Crippen LogP contribution in [0.15, 0.2) is 67.0 Å². The lowest BCUT2D eigenvalue weighted by Gasteiger charge is -2.26. The number of amides is 2. The fourth-order valence-corrected chi connectivity index (χ4v) is 5.87. The molecule has 1 saturated heterocycles. The number of hydrogen-bond donors (Lipinski definition) is 1. The molecule has 0 bridgehead atoms. The van der Waals surface area contributed by atoms with E-state index in [0.717, 1.165) is 34.5 Å². The van der Waals surface area contributed by atoms with Gasteiger partial charge in [-0.2, -0.15) is 13.2 Å². The second-order valence-corrected chi connectivity index (χ2v) is 11.7. The van der Waals surface area contributed by atoms with Gasteiger partial charge >= 0.3 is 12.1 Å². The summed E-state index contributed by atoms with van der Waals surface area (Å²) in [4.78, 5) is 48.6. The van der Waals surface area contributed by atoms with E-state index in [0.29, 0.717) is 62.0 Å². The Hall–Kier alpha value is -5.40. The second-order valence-electron chi connectivity index (χ2n) is 11.7. The fraction of sp³-hybridized carbons (Fsp3) is 0.343. The van der Waals surface area contributed by atoms with E-state index >= 15 is 0 Å². The first-order valence-electron chi connectivity index (χ1n) is 15.7. The van der Waals surface area contributed by atoms with E-state index in [9.17, 15) is 22.8 Å². The van der Waals surface area contributed by atoms with Gasteiger partial charge in [-0.3, -0.25) is 19.6 Å². The molecule has 2 aliphatic rings. The molecule has 1 fully saturated rings. The van der Waals surface area contributed by atoms with Crippen LogP contribution < -0.4 is 9.47 Å². The molecule has 6 rings (SSSR count). The summed E-state index contributed by atoms with van der Waals surface area (Å²) in [6, 6.07) is 17.2. The average molecular weight is 680 g/mol. The van der Waals surface area contributed by atoms with Crippen molar-refractivity contribution in [2.45, 2.75) is 45.5 Å². The van der Waals surface area contributed by atoms with Crippen LogP contribution in [0.3, 0.4) is 0 Å². The van der Waals surface area contributed by atoms with Crippen LogP contribution in [0.2, 0.25) is 0 Å². The van der Waals surface area contributed by atoms with Gasteiger partial charge < -0.3 is 28.9 Å². The fourth-order valence-electron chi connectivity index (χ4n) is 5.87. The van der Waals surface area contributed by atoms with Crippen LogP contribution in [-0.4, -0.2) is 92.8 Å². The van der Waals surface area contributed by atoms with Crippen LogP contribution >= 0.6 is 0 Å². The molecule has 0 aliphatic carbocycles. The number of aliphatic carboxylic acids is 1. The lowest BCUT2D eigenvalue weighted by atomic mass is 9.94. The molecule has 5 heterocycles. The third-order valence-corrected chi connectivity index (χ3v) is 8.07. The van der Waals surface area contributed by atoms with Gasteiger partial charge in [-0.1, -0.05) is 12.1 Å². The molecule has 49 heavy (non-hydrogen) atoms. The maximum Gasteiger partial charge on any atom is 0.490 e. The normalized spacial score (nSPS) is 14.2. The highest BCUT2D eigenvalue weighted by Crippen LogP contribution is 2.44. The van der Waals surface area contributed by atoms with Crippen molar-refractivity contribution in [3.8, 4) is 34.0 Å². The summed E-state index contributed by atoms with van der Waals surface area (Å²) in [5.41, 5.74) is 5.87. The lowest BCUT2D eigenvalue weighted by molar-refractivity contribution is -0.192. The van der Waals surface area contributed by atoms with E-state index in [-0.39, 0.29) is 17.9 Å². The molecule has 11 nitrogen and oxygen atoms in total. The Bertz CT molecular complexity index is 1810. The number of rotatable bonds is 6. The van der Waals surface area contributed by atoms with Gasteiger partial charge in [0.2, 0.25) is 0 Å². The molecule has 1 aromatic carbocycles. The van der Waals surface area contributed by atoms with Crippen LogP contribution in [0.5, 0.6) is 11.5 Å². The molecule has 258 valence electrons. The quantitative estimate of drug-likeness (QED) is 0.280. The number of pyridine rings is 2. The molecule has 0 unspecified atom stereocenters. The molecule has 1 N–H and O–H groups in total. The molecular weight excluding hydrogens is 643 g/mol. The molecule has 3 aromatic heterocycles. The Morgan fingerprint density at radius 2 is 1.49 bits per heavy atom. The van der Waals surface area contributed by atoms with E-state index < -0.39 is 12.1 Å². The summed E-state index contributed by atoms with van der Waals surface area (Å²) < 4.78 is 45.7. The number of carbonyl (C=O) groups is 3. The molecule has 14 heteroatoms. The smallest absolute Gasteiger partial charge is 0.490 e. The van der Waals surface area contributed by atoms with E-state index in [1.807, 2.05) is 55.1 Å². The number of hydrogen-bond acceptors (Lipinski definition) is 7. The van der Waals surface area contributed by atoms with Crippen LogP contribution in [0.1, 0.15) is 46.8 Å². The summed E-state index contributed by atoms with van der Waals surface area (Å²) >= 11 is 0.